The molecule has 1 N–H and O–H groups in total. The van der Waals surface area contributed by atoms with Gasteiger partial charge in [-0.3, -0.25) is 0 Å². The van der Waals surface area contributed by atoms with Crippen molar-refractivity contribution >= 4 is 28.6 Å². The van der Waals surface area contributed by atoms with Crippen LogP contribution in [0.25, 0.3) is 9.88 Å². The molecule has 0 radical (unpaired) electrons. The number of carbonyl (C=O) groups is 1. The van der Waals surface area contributed by atoms with Crippen LogP contribution in [0.4, 0.5) is 0 Å². The van der Waals surface area contributed by atoms with Crippen LogP contribution in [0.5, 0.6) is 0 Å². The van der Waals surface area contributed by atoms with E-state index >= 15 is 0 Å². The van der Waals surface area contributed by atoms with E-state index in [2.05, 4.69) is 9.97 Å². The molecule has 0 saturated heterocycles. The van der Waals surface area contributed by atoms with E-state index in [-0.39, 0.29) is 0 Å². The van der Waals surface area contributed by atoms with E-state index in [1.807, 2.05) is 6.92 Å². The number of hydrogen-bond acceptors (Lipinski definition) is 5. The lowest BCUT2D eigenvalue weighted by Gasteiger charge is -1.84. The van der Waals surface area contributed by atoms with Crippen LogP contribution in [0.15, 0.2) is 6.20 Å². The van der Waals surface area contributed by atoms with Crippen LogP contribution in [-0.2, 0) is 0 Å². The summed E-state index contributed by atoms with van der Waals surface area (Å²) in [6.45, 7) is 3.62. The maximum Gasteiger partial charge on any atom is 0.347 e. The molecule has 0 saturated carbocycles. The van der Waals surface area contributed by atoms with Gasteiger partial charge in [-0.15, -0.1) is 22.7 Å². The highest BCUT2D eigenvalue weighted by molar-refractivity contribution is 7.22. The quantitative estimate of drug-likeness (QED) is 0.876. The van der Waals surface area contributed by atoms with E-state index in [0.29, 0.717) is 10.6 Å². The van der Waals surface area contributed by atoms with Crippen molar-refractivity contribution in [2.24, 2.45) is 0 Å². The Kier molecular flexibility index (Phi) is 2.54. The molecule has 2 heterocycles. The maximum absolute atomic E-state index is 10.8. The van der Waals surface area contributed by atoms with Crippen LogP contribution >= 0.6 is 22.7 Å². The largest absolute Gasteiger partial charge is 0.477 e. The van der Waals surface area contributed by atoms with Crippen molar-refractivity contribution in [2.75, 3.05) is 0 Å². The third-order valence-corrected chi connectivity index (χ3v) is 4.05. The fraction of sp³-hybridized carbons (Fsp3) is 0.222. The third kappa shape index (κ3) is 1.91. The Morgan fingerprint density at radius 3 is 2.60 bits per heavy atom. The highest BCUT2D eigenvalue weighted by atomic mass is 32.1. The Bertz CT molecular complexity index is 516. The summed E-state index contributed by atoms with van der Waals surface area (Å²) in [5, 5.41) is 10.6. The minimum atomic E-state index is -0.919. The summed E-state index contributed by atoms with van der Waals surface area (Å²) >= 11 is 2.71. The second kappa shape index (κ2) is 3.71. The van der Waals surface area contributed by atoms with Gasteiger partial charge in [-0.25, -0.2) is 14.8 Å². The van der Waals surface area contributed by atoms with Gasteiger partial charge in [0, 0.05) is 6.20 Å². The number of thiazole rings is 2. The number of aryl methyl sites for hydroxylation is 2. The zero-order valence-corrected chi connectivity index (χ0v) is 9.78. The van der Waals surface area contributed by atoms with Gasteiger partial charge in [0.15, 0.2) is 0 Å². The molecule has 6 heteroatoms. The van der Waals surface area contributed by atoms with Gasteiger partial charge in [-0.1, -0.05) is 0 Å². The molecule has 0 atom stereocenters. The third-order valence-electron chi connectivity index (χ3n) is 1.82. The Balaban J connectivity index is 2.46. The predicted octanol–water partition coefficient (Wildman–Crippen LogP) is 2.58. The molecule has 0 aliphatic heterocycles. The summed E-state index contributed by atoms with van der Waals surface area (Å²) < 4.78 is 0. The molecule has 0 spiro atoms. The van der Waals surface area contributed by atoms with Gasteiger partial charge in [0.1, 0.15) is 9.88 Å². The number of hydrogen-bond donors (Lipinski definition) is 1. The Hall–Kier alpha value is -1.27. The van der Waals surface area contributed by atoms with Gasteiger partial charge in [-0.2, -0.15) is 0 Å². The molecule has 0 bridgehead atoms. The van der Waals surface area contributed by atoms with E-state index in [0.717, 1.165) is 14.9 Å². The molecule has 0 unspecified atom stereocenters. The Morgan fingerprint density at radius 1 is 1.40 bits per heavy atom. The van der Waals surface area contributed by atoms with Crippen molar-refractivity contribution in [2.45, 2.75) is 13.8 Å². The zero-order chi connectivity index (χ0) is 11.0. The fourth-order valence-electron chi connectivity index (χ4n) is 1.16. The number of nitrogens with zero attached hydrogens (tertiary/aromatic N) is 2. The van der Waals surface area contributed by atoms with Crippen molar-refractivity contribution in [3.63, 3.8) is 0 Å². The lowest BCUT2D eigenvalue weighted by molar-refractivity contribution is 0.0701. The average molecular weight is 240 g/mol. The van der Waals surface area contributed by atoms with E-state index in [9.17, 15) is 4.79 Å². The molecule has 0 aliphatic carbocycles. The van der Waals surface area contributed by atoms with Crippen LogP contribution in [0.1, 0.15) is 20.4 Å². The van der Waals surface area contributed by atoms with Crippen molar-refractivity contribution in [1.82, 2.24) is 9.97 Å². The summed E-state index contributed by atoms with van der Waals surface area (Å²) in [5.74, 6) is -0.919. The molecule has 78 valence electrons. The first kappa shape index (κ1) is 10.3. The van der Waals surface area contributed by atoms with E-state index in [1.165, 1.54) is 22.7 Å². The van der Waals surface area contributed by atoms with Gasteiger partial charge >= 0.3 is 5.97 Å². The summed E-state index contributed by atoms with van der Waals surface area (Å²) in [5.41, 5.74) is 0.563. The molecular weight excluding hydrogens is 232 g/mol. The first-order chi connectivity index (χ1) is 7.08. The van der Waals surface area contributed by atoms with Gasteiger partial charge in [0.05, 0.1) is 15.6 Å². The number of carboxylic acids is 1. The molecule has 0 amide bonds. The smallest absolute Gasteiger partial charge is 0.347 e. The van der Waals surface area contributed by atoms with Gasteiger partial charge < -0.3 is 5.11 Å². The van der Waals surface area contributed by atoms with E-state index in [1.54, 1.807) is 13.1 Å². The molecule has 0 aromatic carbocycles. The predicted molar refractivity (Wildman–Crippen MR) is 59.7 cm³/mol. The minimum Gasteiger partial charge on any atom is -0.477 e. The standard InChI is InChI=1S/C9H8N2O2S2/c1-4-7(9(12)13)15-8(11-4)6-3-10-5(2)14-6/h3H,1-2H3,(H,12,13). The molecule has 2 aromatic heterocycles. The molecule has 15 heavy (non-hydrogen) atoms. The minimum absolute atomic E-state index is 0.302. The van der Waals surface area contributed by atoms with Crippen molar-refractivity contribution in [3.05, 3.63) is 21.8 Å². The summed E-state index contributed by atoms with van der Waals surface area (Å²) in [7, 11) is 0. The van der Waals surface area contributed by atoms with Gasteiger partial charge in [0.25, 0.3) is 0 Å². The SMILES string of the molecule is Cc1ncc(-c2nc(C)c(C(=O)O)s2)s1. The highest BCUT2D eigenvalue weighted by Gasteiger charge is 2.15. The van der Waals surface area contributed by atoms with Crippen LogP contribution in [0, 0.1) is 13.8 Å². The molecule has 4 nitrogen and oxygen atoms in total. The van der Waals surface area contributed by atoms with Crippen LogP contribution in [-0.4, -0.2) is 21.0 Å². The number of rotatable bonds is 2. The second-order valence-electron chi connectivity index (χ2n) is 2.98. The van der Waals surface area contributed by atoms with Crippen LogP contribution < -0.4 is 0 Å². The number of aromatic carboxylic acids is 1. The monoisotopic (exact) mass is 240 g/mol. The van der Waals surface area contributed by atoms with Crippen molar-refractivity contribution in [3.8, 4) is 9.88 Å². The number of aromatic nitrogens is 2. The topological polar surface area (TPSA) is 63.1 Å². The fourth-order valence-corrected chi connectivity index (χ4v) is 2.88. The zero-order valence-electron chi connectivity index (χ0n) is 8.14. The van der Waals surface area contributed by atoms with Crippen molar-refractivity contribution in [1.29, 1.82) is 0 Å². The second-order valence-corrected chi connectivity index (χ2v) is 5.22. The highest BCUT2D eigenvalue weighted by Crippen LogP contribution is 2.31. The van der Waals surface area contributed by atoms with Crippen LogP contribution in [0.3, 0.4) is 0 Å². The average Bonchev–Trinajstić information content (AvgIpc) is 2.71. The number of carboxylic acid groups (broad SMARTS) is 1. The summed E-state index contributed by atoms with van der Waals surface area (Å²) in [6.07, 6.45) is 1.73. The first-order valence-corrected chi connectivity index (χ1v) is 5.84. The van der Waals surface area contributed by atoms with Gasteiger partial charge in [-0.05, 0) is 13.8 Å². The molecule has 0 fully saturated rings. The lowest BCUT2D eigenvalue weighted by atomic mass is 10.4. The molecular formula is C9H8N2O2S2. The molecule has 2 aromatic rings. The van der Waals surface area contributed by atoms with Crippen molar-refractivity contribution < 1.29 is 9.90 Å². The Labute approximate surface area is 94.3 Å². The molecule has 2 rings (SSSR count). The first-order valence-electron chi connectivity index (χ1n) is 4.21. The Morgan fingerprint density at radius 2 is 2.13 bits per heavy atom. The van der Waals surface area contributed by atoms with E-state index in [4.69, 9.17) is 5.11 Å². The normalized spacial score (nSPS) is 10.5. The van der Waals surface area contributed by atoms with E-state index < -0.39 is 5.97 Å². The van der Waals surface area contributed by atoms with Crippen LogP contribution in [0.2, 0.25) is 0 Å². The summed E-state index contributed by atoms with van der Waals surface area (Å²) in [6, 6.07) is 0. The molecule has 0 aliphatic rings. The maximum atomic E-state index is 10.8. The summed E-state index contributed by atoms with van der Waals surface area (Å²) in [4.78, 5) is 20.4. The van der Waals surface area contributed by atoms with Gasteiger partial charge in [0.2, 0.25) is 0 Å². The lowest BCUT2D eigenvalue weighted by Crippen LogP contribution is -1.94.